The molecule has 0 bridgehead atoms. The van der Waals surface area contributed by atoms with Crippen molar-refractivity contribution in [1.29, 1.82) is 0 Å². The van der Waals surface area contributed by atoms with Crippen molar-refractivity contribution in [3.05, 3.63) is 0 Å². The van der Waals surface area contributed by atoms with E-state index in [2.05, 4.69) is 95.6 Å². The van der Waals surface area contributed by atoms with Crippen LogP contribution in [0.15, 0.2) is 0 Å². The molecule has 0 aromatic carbocycles. The SMILES string of the molecule is CC(C)[P+](C)(C(C)C)C(C)C.CC[P+](C)(CC)CC.C[P+](C)(C)C1CCCCC1. The number of rotatable bonds is 7. The molecule has 0 aromatic rings. The van der Waals surface area contributed by atoms with Crippen molar-refractivity contribution >= 4 is 21.8 Å². The summed E-state index contributed by atoms with van der Waals surface area (Å²) in [5.41, 5.74) is 3.79. The Morgan fingerprint density at radius 3 is 1.00 bits per heavy atom. The van der Waals surface area contributed by atoms with Crippen molar-refractivity contribution in [2.75, 3.05) is 51.8 Å². The van der Waals surface area contributed by atoms with Crippen molar-refractivity contribution in [3.8, 4) is 0 Å². The second-order valence-corrected chi connectivity index (χ2v) is 27.1. The highest BCUT2D eigenvalue weighted by molar-refractivity contribution is 7.77. The molecule has 0 unspecified atom stereocenters. The van der Waals surface area contributed by atoms with Gasteiger partial charge in [0.2, 0.25) is 0 Å². The Kier molecular flexibility index (Phi) is 17.0. The van der Waals surface area contributed by atoms with Gasteiger partial charge in [-0.15, -0.1) is 0 Å². The summed E-state index contributed by atoms with van der Waals surface area (Å²) in [4.78, 5) is 0. The van der Waals surface area contributed by atoms with Gasteiger partial charge < -0.3 is 0 Å². The molecule has 0 aromatic heterocycles. The van der Waals surface area contributed by atoms with Crippen LogP contribution < -0.4 is 0 Å². The van der Waals surface area contributed by atoms with Gasteiger partial charge in [0, 0.05) is 55.1 Å². The summed E-state index contributed by atoms with van der Waals surface area (Å²) >= 11 is 0. The molecule has 0 atom stereocenters. The van der Waals surface area contributed by atoms with Crippen molar-refractivity contribution in [1.82, 2.24) is 0 Å². The first-order valence-electron chi connectivity index (χ1n) is 12.6. The zero-order chi connectivity index (χ0) is 23.5. The van der Waals surface area contributed by atoms with Crippen LogP contribution in [0.2, 0.25) is 0 Å². The molecular formula is C26H62P3+3. The molecular weight excluding hydrogens is 405 g/mol. The van der Waals surface area contributed by atoms with Crippen molar-refractivity contribution < 1.29 is 0 Å². The minimum atomic E-state index is -0.685. The van der Waals surface area contributed by atoms with Gasteiger partial charge in [0.05, 0.1) is 41.1 Å². The fourth-order valence-corrected chi connectivity index (χ4v) is 11.1. The molecule has 0 N–H and O–H groups in total. The van der Waals surface area contributed by atoms with E-state index in [0.29, 0.717) is 0 Å². The fraction of sp³-hybridized carbons (Fsp3) is 1.00. The third-order valence-electron chi connectivity index (χ3n) is 8.30. The van der Waals surface area contributed by atoms with Crippen LogP contribution in [0.5, 0.6) is 0 Å². The van der Waals surface area contributed by atoms with Crippen LogP contribution in [-0.2, 0) is 0 Å². The van der Waals surface area contributed by atoms with E-state index in [9.17, 15) is 0 Å². The number of hydrogen-bond acceptors (Lipinski definition) is 0. The van der Waals surface area contributed by atoms with Crippen LogP contribution in [0.4, 0.5) is 0 Å². The van der Waals surface area contributed by atoms with E-state index < -0.39 is 21.8 Å². The van der Waals surface area contributed by atoms with Gasteiger partial charge in [-0.25, -0.2) is 0 Å². The van der Waals surface area contributed by atoms with Gasteiger partial charge in [-0.2, -0.15) is 0 Å². The highest BCUT2D eigenvalue weighted by atomic mass is 31.2. The van der Waals surface area contributed by atoms with E-state index >= 15 is 0 Å². The average Bonchev–Trinajstić information content (AvgIpc) is 2.67. The quantitative estimate of drug-likeness (QED) is 0.327. The molecule has 178 valence electrons. The Morgan fingerprint density at radius 1 is 0.586 bits per heavy atom. The topological polar surface area (TPSA) is 0 Å². The standard InChI is InChI=1S/C10H24P.C9H20P.C7H18P/c1-8(2)11(7,9(3)4)10(5)6;1-10(2,3)9-7-5-4-6-8-9;1-5-8(4,6-2)7-3/h8-10H,1-7H3;9H,4-8H2,1-3H3;5-7H2,1-4H3/q3*+1. The maximum Gasteiger partial charge on any atom is 0.0689 e. The Balaban J connectivity index is 0. The maximum atomic E-state index is 2.52. The molecule has 1 aliphatic carbocycles. The van der Waals surface area contributed by atoms with Crippen LogP contribution in [0.25, 0.3) is 0 Å². The predicted molar refractivity (Wildman–Crippen MR) is 154 cm³/mol. The molecule has 29 heavy (non-hydrogen) atoms. The Hall–Kier alpha value is 1.29. The zero-order valence-electron chi connectivity index (χ0n) is 23.3. The van der Waals surface area contributed by atoms with Crippen LogP contribution in [0.1, 0.15) is 94.4 Å². The van der Waals surface area contributed by atoms with E-state index in [1.54, 1.807) is 0 Å². The number of hydrogen-bond donors (Lipinski definition) is 0. The van der Waals surface area contributed by atoms with Crippen molar-refractivity contribution in [2.24, 2.45) is 0 Å². The highest BCUT2D eigenvalue weighted by Gasteiger charge is 2.42. The molecule has 0 heterocycles. The lowest BCUT2D eigenvalue weighted by Gasteiger charge is -2.34. The van der Waals surface area contributed by atoms with Crippen LogP contribution in [-0.4, -0.2) is 74.4 Å². The first-order valence-corrected chi connectivity index (χ1v) is 21.1. The molecule has 1 aliphatic rings. The maximum absolute atomic E-state index is 2.52. The first kappa shape index (κ1) is 32.5. The van der Waals surface area contributed by atoms with Crippen LogP contribution in [0.3, 0.4) is 0 Å². The van der Waals surface area contributed by atoms with Gasteiger partial charge in [-0.05, 0) is 88.0 Å². The van der Waals surface area contributed by atoms with Gasteiger partial charge in [0.15, 0.2) is 0 Å². The lowest BCUT2D eigenvalue weighted by molar-refractivity contribution is 0.509. The molecule has 0 aliphatic heterocycles. The molecule has 1 saturated carbocycles. The molecule has 0 nitrogen and oxygen atoms in total. The summed E-state index contributed by atoms with van der Waals surface area (Å²) in [5.74, 6) is 0. The van der Waals surface area contributed by atoms with Crippen molar-refractivity contribution in [3.63, 3.8) is 0 Å². The summed E-state index contributed by atoms with van der Waals surface area (Å²) in [7, 11) is -1.59. The molecule has 3 heteroatoms. The molecule has 1 fully saturated rings. The van der Waals surface area contributed by atoms with Gasteiger partial charge in [0.25, 0.3) is 0 Å². The normalized spacial score (nSPS) is 16.4. The van der Waals surface area contributed by atoms with Crippen LogP contribution in [0, 0.1) is 0 Å². The minimum Gasteiger partial charge on any atom is -0.0530 e. The van der Waals surface area contributed by atoms with Gasteiger partial charge in [-0.3, -0.25) is 0 Å². The summed E-state index contributed by atoms with van der Waals surface area (Å²) in [6.45, 7) is 33.7. The monoisotopic (exact) mass is 467 g/mol. The second-order valence-electron chi connectivity index (χ2n) is 11.5. The van der Waals surface area contributed by atoms with E-state index in [1.165, 1.54) is 50.6 Å². The highest BCUT2D eigenvalue weighted by Crippen LogP contribution is 2.67. The smallest absolute Gasteiger partial charge is 0.0530 e. The van der Waals surface area contributed by atoms with Gasteiger partial charge in [0.1, 0.15) is 0 Å². The summed E-state index contributed by atoms with van der Waals surface area (Å²) in [5, 5.41) is 0. The summed E-state index contributed by atoms with van der Waals surface area (Å²) in [6.07, 6.45) is 11.8. The Labute approximate surface area is 190 Å². The zero-order valence-corrected chi connectivity index (χ0v) is 26.0. The third-order valence-corrected chi connectivity index (χ3v) is 22.3. The first-order chi connectivity index (χ1) is 13.1. The fourth-order valence-electron chi connectivity index (χ4n) is 4.32. The minimum absolute atomic E-state index is 0.412. The van der Waals surface area contributed by atoms with E-state index in [0.717, 1.165) is 22.6 Å². The molecule has 0 saturated heterocycles. The molecule has 1 rings (SSSR count). The third kappa shape index (κ3) is 12.2. The van der Waals surface area contributed by atoms with Gasteiger partial charge in [-0.1, -0.05) is 6.42 Å². The van der Waals surface area contributed by atoms with Crippen molar-refractivity contribution in [2.45, 2.75) is 117 Å². The van der Waals surface area contributed by atoms with E-state index in [1.807, 2.05) is 0 Å². The Bertz CT molecular complexity index is 353. The second kappa shape index (κ2) is 15.2. The van der Waals surface area contributed by atoms with E-state index in [4.69, 9.17) is 0 Å². The van der Waals surface area contributed by atoms with E-state index in [-0.39, 0.29) is 0 Å². The lowest BCUT2D eigenvalue weighted by Crippen LogP contribution is -2.21. The summed E-state index contributed by atoms with van der Waals surface area (Å²) in [6, 6.07) is 0. The molecule has 0 spiro atoms. The Morgan fingerprint density at radius 2 is 0.897 bits per heavy atom. The molecule has 0 amide bonds. The average molecular weight is 468 g/mol. The van der Waals surface area contributed by atoms with Gasteiger partial charge >= 0.3 is 0 Å². The predicted octanol–water partition coefficient (Wildman–Crippen LogP) is 9.78. The summed E-state index contributed by atoms with van der Waals surface area (Å²) < 4.78 is 0. The molecule has 0 radical (unpaired) electrons. The largest absolute Gasteiger partial charge is 0.0689 e. The van der Waals surface area contributed by atoms with Crippen LogP contribution >= 0.6 is 21.8 Å². The lowest BCUT2D eigenvalue weighted by atomic mass is 10.0.